The third kappa shape index (κ3) is 5.69. The Bertz CT molecular complexity index is 1240. The number of hydrogen-bond acceptors (Lipinski definition) is 6. The topological polar surface area (TPSA) is 88.4 Å². The summed E-state index contributed by atoms with van der Waals surface area (Å²) in [6, 6.07) is 16.5. The highest BCUT2D eigenvalue weighted by Crippen LogP contribution is 2.40. The van der Waals surface area contributed by atoms with Crippen molar-refractivity contribution < 1.29 is 19.1 Å². The molecule has 3 rings (SSSR count). The summed E-state index contributed by atoms with van der Waals surface area (Å²) in [7, 11) is 1.29. The zero-order valence-corrected chi connectivity index (χ0v) is 20.7. The van der Waals surface area contributed by atoms with Gasteiger partial charge < -0.3 is 14.8 Å². The van der Waals surface area contributed by atoms with Crippen molar-refractivity contribution in [2.24, 2.45) is 0 Å². The number of nitrogens with one attached hydrogen (secondary N) is 1. The van der Waals surface area contributed by atoms with Crippen molar-refractivity contribution in [3.05, 3.63) is 74.6 Å². The Morgan fingerprint density at radius 1 is 1.15 bits per heavy atom. The van der Waals surface area contributed by atoms with Crippen LogP contribution in [0, 0.1) is 18.3 Å². The highest BCUT2D eigenvalue weighted by atomic mass is 79.9. The van der Waals surface area contributed by atoms with Gasteiger partial charge in [0, 0.05) is 14.9 Å². The van der Waals surface area contributed by atoms with Gasteiger partial charge in [-0.3, -0.25) is 4.79 Å². The average molecular weight is 525 g/mol. The SMILES string of the molecule is CCOc1ccc(/C=C(\C#N)C(=O)Nc2sc(C)c(-c3ccc(Br)cc3)c2C(=O)OC)cc1. The second-order valence-corrected chi connectivity index (χ2v) is 9.00. The number of rotatable bonds is 7. The molecule has 168 valence electrons. The Hall–Kier alpha value is -3.41. The van der Waals surface area contributed by atoms with E-state index in [-0.39, 0.29) is 11.1 Å². The predicted octanol–water partition coefficient (Wildman–Crippen LogP) is 6.22. The molecule has 0 aliphatic rings. The molecule has 6 nitrogen and oxygen atoms in total. The van der Waals surface area contributed by atoms with Gasteiger partial charge in [0.05, 0.1) is 13.7 Å². The number of ether oxygens (including phenoxy) is 2. The molecule has 2 aromatic carbocycles. The van der Waals surface area contributed by atoms with Crippen LogP contribution in [0.1, 0.15) is 27.7 Å². The molecular weight excluding hydrogens is 504 g/mol. The number of thiophene rings is 1. The number of methoxy groups -OCH3 is 1. The first-order valence-corrected chi connectivity index (χ1v) is 11.6. The molecule has 0 aliphatic carbocycles. The van der Waals surface area contributed by atoms with E-state index in [0.717, 1.165) is 14.9 Å². The van der Waals surface area contributed by atoms with Crippen molar-refractivity contribution in [1.29, 1.82) is 5.26 Å². The van der Waals surface area contributed by atoms with Crippen molar-refractivity contribution in [3.63, 3.8) is 0 Å². The van der Waals surface area contributed by atoms with Gasteiger partial charge >= 0.3 is 5.97 Å². The molecule has 0 bridgehead atoms. The molecule has 0 fully saturated rings. The molecule has 1 aromatic heterocycles. The van der Waals surface area contributed by atoms with E-state index in [1.54, 1.807) is 24.3 Å². The number of anilines is 1. The van der Waals surface area contributed by atoms with E-state index >= 15 is 0 Å². The van der Waals surface area contributed by atoms with Gasteiger partial charge in [-0.25, -0.2) is 4.79 Å². The van der Waals surface area contributed by atoms with Crippen LogP contribution < -0.4 is 10.1 Å². The van der Waals surface area contributed by atoms with E-state index in [0.29, 0.717) is 28.5 Å². The molecule has 33 heavy (non-hydrogen) atoms. The first-order chi connectivity index (χ1) is 15.9. The quantitative estimate of drug-likeness (QED) is 0.225. The van der Waals surface area contributed by atoms with Crippen LogP contribution in [0.4, 0.5) is 5.00 Å². The maximum atomic E-state index is 12.9. The van der Waals surface area contributed by atoms with Crippen LogP contribution >= 0.6 is 27.3 Å². The Kier molecular flexibility index (Phi) is 8.04. The normalized spacial score (nSPS) is 10.9. The Morgan fingerprint density at radius 3 is 2.39 bits per heavy atom. The van der Waals surface area contributed by atoms with E-state index in [2.05, 4.69) is 21.2 Å². The summed E-state index contributed by atoms with van der Waals surface area (Å²) >= 11 is 4.66. The number of amides is 1. The van der Waals surface area contributed by atoms with Crippen LogP contribution in [-0.2, 0) is 9.53 Å². The van der Waals surface area contributed by atoms with E-state index in [1.165, 1.54) is 24.5 Å². The summed E-state index contributed by atoms with van der Waals surface area (Å²) in [6.07, 6.45) is 1.49. The largest absolute Gasteiger partial charge is 0.494 e. The van der Waals surface area contributed by atoms with Crippen LogP contribution in [-0.4, -0.2) is 25.6 Å². The molecule has 0 unspecified atom stereocenters. The van der Waals surface area contributed by atoms with Crippen molar-refractivity contribution in [1.82, 2.24) is 0 Å². The summed E-state index contributed by atoms with van der Waals surface area (Å²) in [5, 5.41) is 12.6. The number of hydrogen-bond donors (Lipinski definition) is 1. The molecule has 1 heterocycles. The highest BCUT2D eigenvalue weighted by molar-refractivity contribution is 9.10. The molecule has 0 radical (unpaired) electrons. The minimum absolute atomic E-state index is 0.0915. The van der Waals surface area contributed by atoms with Crippen molar-refractivity contribution in [2.75, 3.05) is 19.0 Å². The van der Waals surface area contributed by atoms with Crippen LogP contribution in [0.3, 0.4) is 0 Å². The Balaban J connectivity index is 1.95. The van der Waals surface area contributed by atoms with Crippen LogP contribution in [0.15, 0.2) is 58.6 Å². The summed E-state index contributed by atoms with van der Waals surface area (Å²) in [5.41, 5.74) is 2.35. The van der Waals surface area contributed by atoms with Gasteiger partial charge in [-0.2, -0.15) is 5.26 Å². The third-order valence-electron chi connectivity index (χ3n) is 4.70. The van der Waals surface area contributed by atoms with Gasteiger partial charge in [0.1, 0.15) is 28.0 Å². The molecule has 1 N–H and O–H groups in total. The lowest BCUT2D eigenvalue weighted by Gasteiger charge is -2.08. The maximum Gasteiger partial charge on any atom is 0.341 e. The van der Waals surface area contributed by atoms with Crippen LogP contribution in [0.5, 0.6) is 5.75 Å². The molecule has 0 saturated heterocycles. The lowest BCUT2D eigenvalue weighted by molar-refractivity contribution is -0.112. The number of nitriles is 1. The van der Waals surface area contributed by atoms with Crippen LogP contribution in [0.2, 0.25) is 0 Å². The number of aryl methyl sites for hydroxylation is 1. The zero-order chi connectivity index (χ0) is 24.0. The zero-order valence-electron chi connectivity index (χ0n) is 18.3. The average Bonchev–Trinajstić information content (AvgIpc) is 3.14. The molecule has 8 heteroatoms. The molecule has 0 aliphatic heterocycles. The molecule has 0 atom stereocenters. The summed E-state index contributed by atoms with van der Waals surface area (Å²) in [5.74, 6) is -0.475. The minimum Gasteiger partial charge on any atom is -0.494 e. The molecule has 3 aromatic rings. The van der Waals surface area contributed by atoms with E-state index in [9.17, 15) is 14.9 Å². The van der Waals surface area contributed by atoms with E-state index in [4.69, 9.17) is 9.47 Å². The lowest BCUT2D eigenvalue weighted by Crippen LogP contribution is -2.15. The maximum absolute atomic E-state index is 12.9. The number of halogens is 1. The first-order valence-electron chi connectivity index (χ1n) is 10.0. The molecule has 1 amide bonds. The first kappa shape index (κ1) is 24.2. The van der Waals surface area contributed by atoms with Gasteiger partial charge in [-0.15, -0.1) is 11.3 Å². The smallest absolute Gasteiger partial charge is 0.341 e. The molecule has 0 spiro atoms. The van der Waals surface area contributed by atoms with E-state index < -0.39 is 11.9 Å². The van der Waals surface area contributed by atoms with Gasteiger partial charge in [0.25, 0.3) is 5.91 Å². The fourth-order valence-electron chi connectivity index (χ4n) is 3.21. The number of esters is 1. The molecular formula is C25H21BrN2O4S. The Morgan fingerprint density at radius 2 is 1.82 bits per heavy atom. The fraction of sp³-hybridized carbons (Fsp3) is 0.160. The lowest BCUT2D eigenvalue weighted by atomic mass is 10.0. The third-order valence-corrected chi connectivity index (χ3v) is 6.25. The van der Waals surface area contributed by atoms with Gasteiger partial charge in [-0.05, 0) is 55.3 Å². The summed E-state index contributed by atoms with van der Waals surface area (Å²) < 4.78 is 11.3. The van der Waals surface area contributed by atoms with E-state index in [1.807, 2.05) is 44.2 Å². The monoisotopic (exact) mass is 524 g/mol. The number of nitrogens with zero attached hydrogens (tertiary/aromatic N) is 1. The summed E-state index contributed by atoms with van der Waals surface area (Å²) in [6.45, 7) is 4.31. The Labute approximate surface area is 204 Å². The molecule has 0 saturated carbocycles. The van der Waals surface area contributed by atoms with Crippen molar-refractivity contribution in [2.45, 2.75) is 13.8 Å². The number of benzene rings is 2. The second kappa shape index (κ2) is 10.9. The van der Waals surface area contributed by atoms with Crippen molar-refractivity contribution in [3.8, 4) is 22.9 Å². The van der Waals surface area contributed by atoms with Crippen molar-refractivity contribution >= 4 is 50.2 Å². The second-order valence-electron chi connectivity index (χ2n) is 6.86. The minimum atomic E-state index is -0.611. The number of carbonyl (C=O) groups excluding carboxylic acids is 2. The standard InChI is InChI=1S/C25H21BrN2O4S/c1-4-32-20-11-5-16(6-12-20)13-18(14-27)23(29)28-24-22(25(30)31-3)21(15(2)33-24)17-7-9-19(26)10-8-17/h5-13H,4H2,1-3H3,(H,28,29)/b18-13+. The fourth-order valence-corrected chi connectivity index (χ4v) is 4.53. The van der Waals surface area contributed by atoms with Gasteiger partial charge in [0.15, 0.2) is 0 Å². The van der Waals surface area contributed by atoms with Gasteiger partial charge in [0.2, 0.25) is 0 Å². The predicted molar refractivity (Wildman–Crippen MR) is 133 cm³/mol. The summed E-state index contributed by atoms with van der Waals surface area (Å²) in [4.78, 5) is 26.4. The van der Waals surface area contributed by atoms with Crippen LogP contribution in [0.25, 0.3) is 17.2 Å². The van der Waals surface area contributed by atoms with Gasteiger partial charge in [-0.1, -0.05) is 40.2 Å². The number of carbonyl (C=O) groups is 2. The highest BCUT2D eigenvalue weighted by Gasteiger charge is 2.26.